The monoisotopic (exact) mass is 363 g/mol. The molecule has 0 aliphatic carbocycles. The van der Waals surface area contributed by atoms with Gasteiger partial charge in [0, 0.05) is 12.2 Å². The number of hydrogen-bond donors (Lipinski definition) is 1. The third-order valence-corrected chi connectivity index (χ3v) is 4.04. The number of hydrogen-bond acceptors (Lipinski definition) is 4. The summed E-state index contributed by atoms with van der Waals surface area (Å²) in [6.45, 7) is 16.2. The average Bonchev–Trinajstić information content (AvgIpc) is 2.52. The molecule has 1 rings (SSSR count). The highest BCUT2D eigenvalue weighted by Crippen LogP contribution is 2.17. The molecule has 1 aromatic rings. The second-order valence-electron chi connectivity index (χ2n) is 8.05. The summed E-state index contributed by atoms with van der Waals surface area (Å²) in [7, 11) is -0.405. The fourth-order valence-corrected chi connectivity index (χ4v) is 2.23. The summed E-state index contributed by atoms with van der Waals surface area (Å²) in [5, 5.41) is 2.85. The zero-order valence-corrected chi connectivity index (χ0v) is 17.5. The van der Waals surface area contributed by atoms with E-state index >= 15 is 0 Å². The van der Waals surface area contributed by atoms with Crippen LogP contribution in [0.3, 0.4) is 0 Å². The molecule has 0 aliphatic rings. The van der Waals surface area contributed by atoms with Gasteiger partial charge >= 0.3 is 13.2 Å². The molecule has 1 amide bonds. The van der Waals surface area contributed by atoms with Crippen molar-refractivity contribution in [1.82, 2.24) is 5.32 Å². The van der Waals surface area contributed by atoms with E-state index in [1.54, 1.807) is 0 Å². The van der Waals surface area contributed by atoms with Gasteiger partial charge in [0.25, 0.3) is 0 Å². The molecule has 1 aromatic carbocycles. The fraction of sp³-hybridized carbons (Fsp3) is 0.650. The number of benzene rings is 1. The molecule has 0 spiro atoms. The first-order chi connectivity index (χ1) is 12.0. The molecule has 0 radical (unpaired) electrons. The average molecular weight is 363 g/mol. The molecule has 0 aliphatic heterocycles. The van der Waals surface area contributed by atoms with E-state index in [4.69, 9.17) is 14.0 Å². The van der Waals surface area contributed by atoms with Gasteiger partial charge in [0.1, 0.15) is 5.60 Å². The van der Waals surface area contributed by atoms with E-state index in [0.717, 1.165) is 17.4 Å². The Bertz CT molecular complexity index is 566. The molecule has 26 heavy (non-hydrogen) atoms. The Morgan fingerprint density at radius 2 is 1.69 bits per heavy atom. The number of nitrogens with one attached hydrogen (secondary N) is 1. The minimum Gasteiger partial charge on any atom is -0.444 e. The van der Waals surface area contributed by atoms with Crippen LogP contribution in [-0.4, -0.2) is 31.0 Å². The minimum atomic E-state index is -0.512. The Hall–Kier alpha value is -1.53. The molecular formula is C20H34BNO4. The van der Waals surface area contributed by atoms with E-state index in [0.29, 0.717) is 6.61 Å². The van der Waals surface area contributed by atoms with Gasteiger partial charge in [-0.1, -0.05) is 31.2 Å². The quantitative estimate of drug-likeness (QED) is 0.703. The summed E-state index contributed by atoms with van der Waals surface area (Å²) >= 11 is 0. The highest BCUT2D eigenvalue weighted by atomic mass is 16.6. The Labute approximate surface area is 158 Å². The normalized spacial score (nSPS) is 13.2. The molecule has 6 heteroatoms. The van der Waals surface area contributed by atoms with Crippen LogP contribution in [-0.2, 0) is 14.0 Å². The molecule has 0 unspecified atom stereocenters. The first-order valence-corrected chi connectivity index (χ1v) is 9.36. The van der Waals surface area contributed by atoms with Crippen LogP contribution in [0.2, 0.25) is 0 Å². The van der Waals surface area contributed by atoms with Crippen molar-refractivity contribution in [3.05, 3.63) is 29.8 Å². The number of ether oxygens (including phenoxy) is 1. The Morgan fingerprint density at radius 3 is 2.15 bits per heavy atom. The Morgan fingerprint density at radius 1 is 1.12 bits per heavy atom. The Balaban J connectivity index is 2.80. The van der Waals surface area contributed by atoms with E-state index in [2.05, 4.69) is 26.1 Å². The minimum absolute atomic E-state index is 0.155. The van der Waals surface area contributed by atoms with Crippen LogP contribution in [0.1, 0.15) is 73.4 Å². The number of rotatable bonds is 8. The smallest absolute Gasteiger partial charge is 0.444 e. The SMILES string of the molecule is CCOB(OC(C)(C)CC)c1ccc([C@H](C)NC(=O)OC(C)(C)C)cc1. The van der Waals surface area contributed by atoms with Crippen molar-refractivity contribution in [2.45, 2.75) is 79.1 Å². The molecule has 1 atom stereocenters. The van der Waals surface area contributed by atoms with Gasteiger partial charge in [0.05, 0.1) is 6.04 Å². The zero-order chi connectivity index (χ0) is 20.0. The Kier molecular flexibility index (Phi) is 8.16. The lowest BCUT2D eigenvalue weighted by atomic mass is 9.77. The van der Waals surface area contributed by atoms with E-state index < -0.39 is 18.8 Å². The van der Waals surface area contributed by atoms with Crippen molar-refractivity contribution in [3.8, 4) is 0 Å². The van der Waals surface area contributed by atoms with E-state index in [-0.39, 0.29) is 11.6 Å². The largest absolute Gasteiger partial charge is 0.494 e. The van der Waals surface area contributed by atoms with Crippen LogP contribution >= 0.6 is 0 Å². The van der Waals surface area contributed by atoms with Crippen molar-refractivity contribution in [2.75, 3.05) is 6.61 Å². The second kappa shape index (κ2) is 9.42. The summed E-state index contributed by atoms with van der Waals surface area (Å²) in [4.78, 5) is 11.9. The number of carbonyl (C=O) groups excluding carboxylic acids is 1. The lowest BCUT2D eigenvalue weighted by Gasteiger charge is -2.28. The summed E-state index contributed by atoms with van der Waals surface area (Å²) < 4.78 is 17.2. The third kappa shape index (κ3) is 7.79. The predicted molar refractivity (Wildman–Crippen MR) is 107 cm³/mol. The molecule has 146 valence electrons. The van der Waals surface area contributed by atoms with Crippen LogP contribution in [0.15, 0.2) is 24.3 Å². The molecule has 0 bridgehead atoms. The standard InChI is InChI=1S/C20H34BNO4/c1-9-20(7,8)26-21(24-10-2)17-13-11-16(12-14-17)15(3)22-18(23)25-19(4,5)6/h11-15H,9-10H2,1-8H3,(H,22,23)/t15-/m0/s1. The van der Waals surface area contributed by atoms with Gasteiger partial charge in [-0.25, -0.2) is 4.79 Å². The van der Waals surface area contributed by atoms with Crippen LogP contribution in [0, 0.1) is 0 Å². The molecular weight excluding hydrogens is 329 g/mol. The number of alkyl carbamates (subject to hydrolysis) is 1. The van der Waals surface area contributed by atoms with E-state index in [1.165, 1.54) is 0 Å². The summed E-state index contributed by atoms with van der Waals surface area (Å²) in [6.07, 6.45) is 0.472. The first-order valence-electron chi connectivity index (χ1n) is 9.36. The number of amides is 1. The molecule has 5 nitrogen and oxygen atoms in total. The van der Waals surface area contributed by atoms with Crippen LogP contribution < -0.4 is 10.8 Å². The highest BCUT2D eigenvalue weighted by Gasteiger charge is 2.29. The van der Waals surface area contributed by atoms with Gasteiger partial charge in [0.15, 0.2) is 0 Å². The number of carbonyl (C=O) groups is 1. The van der Waals surface area contributed by atoms with Gasteiger partial charge in [-0.15, -0.1) is 0 Å². The molecule has 0 heterocycles. The van der Waals surface area contributed by atoms with Gasteiger partial charge in [-0.2, -0.15) is 0 Å². The molecule has 1 N–H and O–H groups in total. The first kappa shape index (κ1) is 22.5. The van der Waals surface area contributed by atoms with Gasteiger partial charge in [0.2, 0.25) is 0 Å². The van der Waals surface area contributed by atoms with Crippen molar-refractivity contribution in [1.29, 1.82) is 0 Å². The van der Waals surface area contributed by atoms with Gasteiger partial charge < -0.3 is 19.4 Å². The van der Waals surface area contributed by atoms with Gasteiger partial charge in [-0.3, -0.25) is 0 Å². The molecule has 0 saturated carbocycles. The van der Waals surface area contributed by atoms with E-state index in [9.17, 15) is 4.79 Å². The van der Waals surface area contributed by atoms with Crippen LogP contribution in [0.4, 0.5) is 4.79 Å². The summed E-state index contributed by atoms with van der Waals surface area (Å²) in [6, 6.07) is 7.76. The van der Waals surface area contributed by atoms with Crippen molar-refractivity contribution < 1.29 is 18.8 Å². The van der Waals surface area contributed by atoms with Crippen molar-refractivity contribution in [2.24, 2.45) is 0 Å². The lowest BCUT2D eigenvalue weighted by Crippen LogP contribution is -2.43. The second-order valence-corrected chi connectivity index (χ2v) is 8.05. The molecule has 0 aromatic heterocycles. The summed E-state index contributed by atoms with van der Waals surface area (Å²) in [5.74, 6) is 0. The van der Waals surface area contributed by atoms with E-state index in [1.807, 2.05) is 58.9 Å². The van der Waals surface area contributed by atoms with Crippen LogP contribution in [0.5, 0.6) is 0 Å². The van der Waals surface area contributed by atoms with Gasteiger partial charge in [-0.05, 0) is 65.9 Å². The predicted octanol–water partition coefficient (Wildman–Crippen LogP) is 4.21. The lowest BCUT2D eigenvalue weighted by molar-refractivity contribution is 0.0507. The molecule has 0 saturated heterocycles. The maximum atomic E-state index is 11.9. The maximum absolute atomic E-state index is 11.9. The van der Waals surface area contributed by atoms with Crippen molar-refractivity contribution >= 4 is 18.7 Å². The van der Waals surface area contributed by atoms with Crippen molar-refractivity contribution in [3.63, 3.8) is 0 Å². The topological polar surface area (TPSA) is 56.8 Å². The zero-order valence-electron chi connectivity index (χ0n) is 17.5. The van der Waals surface area contributed by atoms with Crippen LogP contribution in [0.25, 0.3) is 0 Å². The molecule has 0 fully saturated rings. The maximum Gasteiger partial charge on any atom is 0.494 e. The highest BCUT2D eigenvalue weighted by molar-refractivity contribution is 6.61. The summed E-state index contributed by atoms with van der Waals surface area (Å²) in [5.41, 5.74) is 1.18. The third-order valence-electron chi connectivity index (χ3n) is 4.04. The fourth-order valence-electron chi connectivity index (χ4n) is 2.23.